The van der Waals surface area contributed by atoms with E-state index in [1.807, 2.05) is 31.2 Å². The fourth-order valence-corrected chi connectivity index (χ4v) is 2.50. The summed E-state index contributed by atoms with van der Waals surface area (Å²) in [7, 11) is 0. The van der Waals surface area contributed by atoms with Crippen LogP contribution in [0.3, 0.4) is 0 Å². The van der Waals surface area contributed by atoms with E-state index in [9.17, 15) is 9.59 Å². The third-order valence-corrected chi connectivity index (χ3v) is 3.73. The summed E-state index contributed by atoms with van der Waals surface area (Å²) in [5.74, 6) is -0.477. The fraction of sp³-hybridized carbons (Fsp3) is 0.158. The number of hydrogen-bond donors (Lipinski definition) is 2. The van der Waals surface area contributed by atoms with Crippen LogP contribution in [0.4, 0.5) is 5.69 Å². The molecule has 2 N–H and O–H groups in total. The van der Waals surface area contributed by atoms with Crippen molar-refractivity contribution in [2.24, 2.45) is 0 Å². The van der Waals surface area contributed by atoms with Crippen LogP contribution in [0.25, 0.3) is 6.08 Å². The standard InChI is InChI=1S/C19H19BrN2O2/c1-2-12-21-19(24)16-8-3-4-9-17(16)22-18(23)11-10-14-6-5-7-15(20)13-14/h3-11,13H,2,12H2,1H3,(H,21,24)(H,22,23)/b11-10+. The Balaban J connectivity index is 2.07. The summed E-state index contributed by atoms with van der Waals surface area (Å²) >= 11 is 3.39. The number of hydrogen-bond acceptors (Lipinski definition) is 2. The second kappa shape index (κ2) is 9.03. The van der Waals surface area contributed by atoms with Gasteiger partial charge in [0.05, 0.1) is 11.3 Å². The molecular weight excluding hydrogens is 368 g/mol. The van der Waals surface area contributed by atoms with Crippen molar-refractivity contribution >= 4 is 39.5 Å². The maximum Gasteiger partial charge on any atom is 0.253 e. The summed E-state index contributed by atoms with van der Waals surface area (Å²) in [5, 5.41) is 5.57. The molecule has 5 heteroatoms. The molecule has 2 aromatic rings. The first-order valence-electron chi connectivity index (χ1n) is 7.72. The zero-order valence-corrected chi connectivity index (χ0v) is 15.0. The number of halogens is 1. The lowest BCUT2D eigenvalue weighted by molar-refractivity contribution is -0.111. The summed E-state index contributed by atoms with van der Waals surface area (Å²) in [6.07, 6.45) is 4.03. The van der Waals surface area contributed by atoms with Crippen molar-refractivity contribution in [1.29, 1.82) is 0 Å². The predicted octanol–water partition coefficient (Wildman–Crippen LogP) is 4.24. The zero-order chi connectivity index (χ0) is 17.4. The second-order valence-electron chi connectivity index (χ2n) is 5.18. The zero-order valence-electron chi connectivity index (χ0n) is 13.4. The van der Waals surface area contributed by atoms with Crippen LogP contribution in [0, 0.1) is 0 Å². The van der Waals surface area contributed by atoms with Crippen molar-refractivity contribution in [2.75, 3.05) is 11.9 Å². The van der Waals surface area contributed by atoms with E-state index in [-0.39, 0.29) is 11.8 Å². The average molecular weight is 387 g/mol. The molecule has 0 saturated carbocycles. The van der Waals surface area contributed by atoms with Crippen LogP contribution >= 0.6 is 15.9 Å². The molecule has 0 radical (unpaired) electrons. The second-order valence-corrected chi connectivity index (χ2v) is 6.09. The summed E-state index contributed by atoms with van der Waals surface area (Å²) in [6, 6.07) is 14.6. The highest BCUT2D eigenvalue weighted by Crippen LogP contribution is 2.16. The van der Waals surface area contributed by atoms with Crippen LogP contribution in [0.15, 0.2) is 59.1 Å². The van der Waals surface area contributed by atoms with E-state index in [2.05, 4.69) is 26.6 Å². The van der Waals surface area contributed by atoms with Crippen LogP contribution < -0.4 is 10.6 Å². The van der Waals surface area contributed by atoms with Crippen LogP contribution in [0.2, 0.25) is 0 Å². The number of amides is 2. The largest absolute Gasteiger partial charge is 0.352 e. The Morgan fingerprint density at radius 3 is 2.67 bits per heavy atom. The van der Waals surface area contributed by atoms with Gasteiger partial charge in [-0.25, -0.2) is 0 Å². The van der Waals surface area contributed by atoms with Crippen LogP contribution in [-0.2, 0) is 4.79 Å². The van der Waals surface area contributed by atoms with Gasteiger partial charge in [-0.2, -0.15) is 0 Å². The van der Waals surface area contributed by atoms with Gasteiger partial charge < -0.3 is 10.6 Å². The Hall–Kier alpha value is -2.40. The lowest BCUT2D eigenvalue weighted by Crippen LogP contribution is -2.25. The number of rotatable bonds is 6. The lowest BCUT2D eigenvalue weighted by atomic mass is 10.1. The van der Waals surface area contributed by atoms with E-state index < -0.39 is 0 Å². The van der Waals surface area contributed by atoms with E-state index in [4.69, 9.17) is 0 Å². The molecule has 0 aliphatic carbocycles. The SMILES string of the molecule is CCCNC(=O)c1ccccc1NC(=O)/C=C/c1cccc(Br)c1. The Kier molecular flexibility index (Phi) is 6.75. The summed E-state index contributed by atoms with van der Waals surface area (Å²) < 4.78 is 0.947. The predicted molar refractivity (Wildman–Crippen MR) is 101 cm³/mol. The van der Waals surface area contributed by atoms with Crippen molar-refractivity contribution in [1.82, 2.24) is 5.32 Å². The number of anilines is 1. The number of carbonyl (C=O) groups is 2. The molecular formula is C19H19BrN2O2. The van der Waals surface area contributed by atoms with Gasteiger partial charge in [-0.05, 0) is 42.3 Å². The van der Waals surface area contributed by atoms with Crippen molar-refractivity contribution in [2.45, 2.75) is 13.3 Å². The quantitative estimate of drug-likeness (QED) is 0.729. The van der Waals surface area contributed by atoms with Gasteiger partial charge in [0.15, 0.2) is 0 Å². The van der Waals surface area contributed by atoms with Crippen molar-refractivity contribution in [3.05, 3.63) is 70.2 Å². The molecule has 24 heavy (non-hydrogen) atoms. The topological polar surface area (TPSA) is 58.2 Å². The van der Waals surface area contributed by atoms with Gasteiger partial charge in [-0.3, -0.25) is 9.59 Å². The van der Waals surface area contributed by atoms with Crippen LogP contribution in [0.5, 0.6) is 0 Å². The number of para-hydroxylation sites is 1. The van der Waals surface area contributed by atoms with Crippen LogP contribution in [-0.4, -0.2) is 18.4 Å². The molecule has 124 valence electrons. The maximum absolute atomic E-state index is 12.1. The molecule has 0 unspecified atom stereocenters. The molecule has 0 fully saturated rings. The Morgan fingerprint density at radius 1 is 1.12 bits per heavy atom. The highest BCUT2D eigenvalue weighted by atomic mass is 79.9. The van der Waals surface area contributed by atoms with Gasteiger partial charge >= 0.3 is 0 Å². The molecule has 0 spiro atoms. The minimum Gasteiger partial charge on any atom is -0.352 e. The molecule has 2 rings (SSSR count). The smallest absolute Gasteiger partial charge is 0.253 e. The van der Waals surface area contributed by atoms with E-state index in [0.29, 0.717) is 17.8 Å². The maximum atomic E-state index is 12.1. The van der Waals surface area contributed by atoms with Crippen molar-refractivity contribution in [3.63, 3.8) is 0 Å². The fourth-order valence-electron chi connectivity index (χ4n) is 2.08. The van der Waals surface area contributed by atoms with Crippen molar-refractivity contribution < 1.29 is 9.59 Å². The van der Waals surface area contributed by atoms with Gasteiger partial charge in [0, 0.05) is 17.1 Å². The number of benzene rings is 2. The van der Waals surface area contributed by atoms with Gasteiger partial charge in [-0.1, -0.05) is 47.1 Å². The number of carbonyl (C=O) groups excluding carboxylic acids is 2. The van der Waals surface area contributed by atoms with E-state index in [1.54, 1.807) is 30.3 Å². The summed E-state index contributed by atoms with van der Waals surface area (Å²) in [4.78, 5) is 24.3. The average Bonchev–Trinajstić information content (AvgIpc) is 2.58. The van der Waals surface area contributed by atoms with Gasteiger partial charge in [0.25, 0.3) is 5.91 Å². The van der Waals surface area contributed by atoms with E-state index >= 15 is 0 Å². The van der Waals surface area contributed by atoms with Gasteiger partial charge in [0.2, 0.25) is 5.91 Å². The molecule has 0 aliphatic rings. The molecule has 0 bridgehead atoms. The molecule has 0 atom stereocenters. The Labute approximate surface area is 150 Å². The Morgan fingerprint density at radius 2 is 1.92 bits per heavy atom. The number of nitrogens with one attached hydrogen (secondary N) is 2. The minimum atomic E-state index is -0.286. The summed E-state index contributed by atoms with van der Waals surface area (Å²) in [5.41, 5.74) is 1.86. The van der Waals surface area contributed by atoms with E-state index in [1.165, 1.54) is 6.08 Å². The molecule has 2 aromatic carbocycles. The van der Waals surface area contributed by atoms with E-state index in [0.717, 1.165) is 16.5 Å². The third-order valence-electron chi connectivity index (χ3n) is 3.24. The highest BCUT2D eigenvalue weighted by Gasteiger charge is 2.11. The first-order valence-corrected chi connectivity index (χ1v) is 8.51. The minimum absolute atomic E-state index is 0.191. The van der Waals surface area contributed by atoms with Crippen molar-refractivity contribution in [3.8, 4) is 0 Å². The molecule has 0 aromatic heterocycles. The first-order chi connectivity index (χ1) is 11.6. The Bertz CT molecular complexity index is 757. The molecule has 2 amide bonds. The van der Waals surface area contributed by atoms with Gasteiger partial charge in [0.1, 0.15) is 0 Å². The highest BCUT2D eigenvalue weighted by molar-refractivity contribution is 9.10. The monoisotopic (exact) mass is 386 g/mol. The molecule has 0 saturated heterocycles. The molecule has 0 heterocycles. The molecule has 4 nitrogen and oxygen atoms in total. The first kappa shape index (κ1) is 17.9. The third kappa shape index (κ3) is 5.35. The normalized spacial score (nSPS) is 10.6. The van der Waals surface area contributed by atoms with Crippen LogP contribution in [0.1, 0.15) is 29.3 Å². The van der Waals surface area contributed by atoms with Gasteiger partial charge in [-0.15, -0.1) is 0 Å². The lowest BCUT2D eigenvalue weighted by Gasteiger charge is -2.09. The summed E-state index contributed by atoms with van der Waals surface area (Å²) in [6.45, 7) is 2.59. The molecule has 0 aliphatic heterocycles.